The summed E-state index contributed by atoms with van der Waals surface area (Å²) in [5.74, 6) is -0.997. The van der Waals surface area contributed by atoms with Gasteiger partial charge in [-0.15, -0.1) is 6.58 Å². The molecule has 0 aliphatic heterocycles. The third-order valence-electron chi connectivity index (χ3n) is 3.97. The molecule has 0 aliphatic rings. The van der Waals surface area contributed by atoms with Gasteiger partial charge in [0, 0.05) is 12.1 Å². The highest BCUT2D eigenvalue weighted by atomic mass is 32.2. The van der Waals surface area contributed by atoms with Gasteiger partial charge in [0.1, 0.15) is 0 Å². The summed E-state index contributed by atoms with van der Waals surface area (Å²) in [6, 6.07) is 12.5. The molecule has 0 saturated heterocycles. The van der Waals surface area contributed by atoms with Gasteiger partial charge in [0.15, 0.2) is 12.4 Å². The summed E-state index contributed by atoms with van der Waals surface area (Å²) in [5.41, 5.74) is 1.78. The average Bonchev–Trinajstić information content (AvgIpc) is 2.71. The molecule has 7 heteroatoms. The van der Waals surface area contributed by atoms with Gasteiger partial charge < -0.3 is 4.74 Å². The minimum absolute atomic E-state index is 0.0224. The molecule has 0 bridgehead atoms. The number of aryl methyl sites for hydroxylation is 1. The number of hydrogen-bond acceptors (Lipinski definition) is 5. The van der Waals surface area contributed by atoms with Gasteiger partial charge in [-0.1, -0.05) is 43.7 Å². The standard InChI is InChI=1S/C21H23NO5S/c1-3-5-16-6-8-17(9-7-16)20(23)15-27-21(24)18-10-12-19(13-11-18)28(25,26)22-14-4-2/h4,6-13,22H,2-3,5,14-15H2,1H3. The minimum atomic E-state index is -3.66. The first-order valence-corrected chi connectivity index (χ1v) is 10.4. The second kappa shape index (κ2) is 9.96. The van der Waals surface area contributed by atoms with Crippen LogP contribution in [0.3, 0.4) is 0 Å². The molecule has 0 radical (unpaired) electrons. The SMILES string of the molecule is C=CCNS(=O)(=O)c1ccc(C(=O)OCC(=O)c2ccc(CCC)cc2)cc1. The van der Waals surface area contributed by atoms with E-state index in [2.05, 4.69) is 18.2 Å². The Morgan fingerprint density at radius 2 is 1.64 bits per heavy atom. The Kier molecular flexibility index (Phi) is 7.66. The Hall–Kier alpha value is -2.77. The van der Waals surface area contributed by atoms with Crippen LogP contribution in [0.15, 0.2) is 66.1 Å². The van der Waals surface area contributed by atoms with Crippen LogP contribution in [0.1, 0.15) is 39.6 Å². The fraction of sp³-hybridized carbons (Fsp3) is 0.238. The van der Waals surface area contributed by atoms with Crippen molar-refractivity contribution in [3.8, 4) is 0 Å². The number of ether oxygens (including phenoxy) is 1. The molecule has 6 nitrogen and oxygen atoms in total. The summed E-state index contributed by atoms with van der Waals surface area (Å²) in [6.07, 6.45) is 3.39. The lowest BCUT2D eigenvalue weighted by molar-refractivity contribution is 0.0474. The number of rotatable bonds is 10. The summed E-state index contributed by atoms with van der Waals surface area (Å²) >= 11 is 0. The predicted octanol–water partition coefficient (Wildman–Crippen LogP) is 3.14. The summed E-state index contributed by atoms with van der Waals surface area (Å²) < 4.78 is 31.4. The minimum Gasteiger partial charge on any atom is -0.454 e. The lowest BCUT2D eigenvalue weighted by Gasteiger charge is -2.07. The van der Waals surface area contributed by atoms with Crippen LogP contribution in [0.5, 0.6) is 0 Å². The lowest BCUT2D eigenvalue weighted by Crippen LogP contribution is -2.23. The second-order valence-corrected chi connectivity index (χ2v) is 7.88. The number of hydrogen-bond donors (Lipinski definition) is 1. The highest BCUT2D eigenvalue weighted by Crippen LogP contribution is 2.12. The van der Waals surface area contributed by atoms with Gasteiger partial charge in [-0.25, -0.2) is 17.9 Å². The zero-order valence-electron chi connectivity index (χ0n) is 15.7. The molecular weight excluding hydrogens is 378 g/mol. The maximum atomic E-state index is 12.2. The Bertz CT molecular complexity index is 932. The number of carbonyl (C=O) groups excluding carboxylic acids is 2. The molecule has 0 heterocycles. The van der Waals surface area contributed by atoms with Gasteiger partial charge >= 0.3 is 5.97 Å². The Morgan fingerprint density at radius 1 is 1.04 bits per heavy atom. The van der Waals surface area contributed by atoms with Crippen molar-refractivity contribution in [3.05, 3.63) is 77.9 Å². The van der Waals surface area contributed by atoms with Gasteiger partial charge in [0.2, 0.25) is 10.0 Å². The smallest absolute Gasteiger partial charge is 0.338 e. The number of benzene rings is 2. The summed E-state index contributed by atoms with van der Waals surface area (Å²) in [7, 11) is -3.66. The van der Waals surface area contributed by atoms with Crippen molar-refractivity contribution in [3.63, 3.8) is 0 Å². The van der Waals surface area contributed by atoms with Crippen LogP contribution in [-0.4, -0.2) is 33.3 Å². The zero-order valence-corrected chi connectivity index (χ0v) is 16.5. The van der Waals surface area contributed by atoms with Crippen molar-refractivity contribution in [2.45, 2.75) is 24.7 Å². The van der Waals surface area contributed by atoms with Crippen LogP contribution < -0.4 is 4.72 Å². The van der Waals surface area contributed by atoms with Gasteiger partial charge in [-0.05, 0) is 36.2 Å². The van der Waals surface area contributed by atoms with Crippen LogP contribution in [0.4, 0.5) is 0 Å². The Labute approximate surface area is 165 Å². The molecule has 0 aromatic heterocycles. The summed E-state index contributed by atoms with van der Waals surface area (Å²) in [5, 5.41) is 0. The van der Waals surface area contributed by atoms with Crippen LogP contribution in [0.25, 0.3) is 0 Å². The number of carbonyl (C=O) groups is 2. The van der Waals surface area contributed by atoms with Crippen LogP contribution >= 0.6 is 0 Å². The predicted molar refractivity (Wildman–Crippen MR) is 107 cm³/mol. The monoisotopic (exact) mass is 401 g/mol. The highest BCUT2D eigenvalue weighted by Gasteiger charge is 2.15. The molecule has 0 unspecified atom stereocenters. The van der Waals surface area contributed by atoms with E-state index in [1.807, 2.05) is 12.1 Å². The normalized spacial score (nSPS) is 11.0. The molecule has 0 saturated carbocycles. The molecule has 1 N–H and O–H groups in total. The fourth-order valence-electron chi connectivity index (χ4n) is 2.47. The quantitative estimate of drug-likeness (QED) is 0.375. The molecular formula is C21H23NO5S. The first-order chi connectivity index (χ1) is 13.4. The number of sulfonamides is 1. The molecule has 2 rings (SSSR count). The molecule has 0 atom stereocenters. The molecule has 2 aromatic carbocycles. The van der Waals surface area contributed by atoms with E-state index in [-0.39, 0.29) is 29.4 Å². The Morgan fingerprint density at radius 3 is 2.21 bits per heavy atom. The highest BCUT2D eigenvalue weighted by molar-refractivity contribution is 7.89. The third kappa shape index (κ3) is 5.87. The number of nitrogens with one attached hydrogen (secondary N) is 1. The maximum Gasteiger partial charge on any atom is 0.338 e. The molecule has 28 heavy (non-hydrogen) atoms. The number of Topliss-reactive ketones (excluding diaryl/α,β-unsaturated/α-hetero) is 1. The van der Waals surface area contributed by atoms with Crippen LogP contribution in [0.2, 0.25) is 0 Å². The average molecular weight is 401 g/mol. The second-order valence-electron chi connectivity index (χ2n) is 6.11. The van der Waals surface area contributed by atoms with Gasteiger partial charge in [-0.3, -0.25) is 4.79 Å². The third-order valence-corrected chi connectivity index (χ3v) is 5.41. The molecule has 0 spiro atoms. The van der Waals surface area contributed by atoms with E-state index in [9.17, 15) is 18.0 Å². The van der Waals surface area contributed by atoms with Crippen LogP contribution in [0, 0.1) is 0 Å². The van der Waals surface area contributed by atoms with E-state index in [1.165, 1.54) is 30.3 Å². The van der Waals surface area contributed by atoms with Gasteiger partial charge in [0.25, 0.3) is 0 Å². The van der Waals surface area contributed by atoms with E-state index in [1.54, 1.807) is 12.1 Å². The fourth-order valence-corrected chi connectivity index (χ4v) is 3.46. The summed E-state index contributed by atoms with van der Waals surface area (Å²) in [4.78, 5) is 24.3. The van der Waals surface area contributed by atoms with Gasteiger partial charge in [-0.2, -0.15) is 0 Å². The molecule has 0 amide bonds. The van der Waals surface area contributed by atoms with E-state index < -0.39 is 16.0 Å². The van der Waals surface area contributed by atoms with Crippen molar-refractivity contribution < 1.29 is 22.7 Å². The van der Waals surface area contributed by atoms with E-state index in [0.717, 1.165) is 18.4 Å². The van der Waals surface area contributed by atoms with Crippen molar-refractivity contribution in [1.82, 2.24) is 4.72 Å². The van der Waals surface area contributed by atoms with Crippen LogP contribution in [-0.2, 0) is 21.2 Å². The largest absolute Gasteiger partial charge is 0.454 e. The molecule has 0 aliphatic carbocycles. The first kappa shape index (κ1) is 21.5. The molecule has 2 aromatic rings. The lowest BCUT2D eigenvalue weighted by atomic mass is 10.1. The molecule has 0 fully saturated rings. The number of esters is 1. The molecule has 148 valence electrons. The maximum absolute atomic E-state index is 12.2. The van der Waals surface area contributed by atoms with Crippen molar-refractivity contribution in [2.75, 3.05) is 13.2 Å². The van der Waals surface area contributed by atoms with Crippen molar-refractivity contribution in [1.29, 1.82) is 0 Å². The van der Waals surface area contributed by atoms with Gasteiger partial charge in [0.05, 0.1) is 10.5 Å². The zero-order chi connectivity index (χ0) is 20.6. The van der Waals surface area contributed by atoms with E-state index in [0.29, 0.717) is 5.56 Å². The number of ketones is 1. The Balaban J connectivity index is 1.95. The topological polar surface area (TPSA) is 89.5 Å². The first-order valence-electron chi connectivity index (χ1n) is 8.87. The van der Waals surface area contributed by atoms with Crippen molar-refractivity contribution in [2.24, 2.45) is 0 Å². The summed E-state index contributed by atoms with van der Waals surface area (Å²) in [6.45, 7) is 5.25. The van der Waals surface area contributed by atoms with E-state index >= 15 is 0 Å². The van der Waals surface area contributed by atoms with Crippen molar-refractivity contribution >= 4 is 21.8 Å². The van der Waals surface area contributed by atoms with E-state index in [4.69, 9.17) is 4.74 Å².